The Kier molecular flexibility index (Phi) is 7.97. The van der Waals surface area contributed by atoms with Crippen molar-refractivity contribution in [2.45, 2.75) is 6.92 Å². The van der Waals surface area contributed by atoms with E-state index in [0.717, 1.165) is 9.13 Å². The van der Waals surface area contributed by atoms with Gasteiger partial charge < -0.3 is 14.6 Å². The summed E-state index contributed by atoms with van der Waals surface area (Å²) in [5.74, 6) is 0.00770. The molecule has 0 radical (unpaired) electrons. The summed E-state index contributed by atoms with van der Waals surface area (Å²) in [7, 11) is 1.64. The highest BCUT2D eigenvalue weighted by atomic mass is 127. The molecule has 7 nitrogen and oxygen atoms in total. The molecule has 1 heterocycles. The van der Waals surface area contributed by atoms with Gasteiger partial charge in [-0.3, -0.25) is 9.69 Å². The number of halogens is 1. The largest absolute Gasteiger partial charge is 0.490 e. The van der Waals surface area contributed by atoms with Gasteiger partial charge in [0.2, 0.25) is 0 Å². The fraction of sp³-hybridized carbons (Fsp3) is 0.174. The summed E-state index contributed by atoms with van der Waals surface area (Å²) in [4.78, 5) is 30.4. The fourth-order valence-corrected chi connectivity index (χ4v) is 4.61. The zero-order valence-electron chi connectivity index (χ0n) is 17.5. The Bertz CT molecular complexity index is 1130. The maximum atomic E-state index is 12.8. The normalized spacial score (nSPS) is 16.0. The first-order chi connectivity index (χ1) is 15.3. The van der Waals surface area contributed by atoms with Crippen LogP contribution in [0.15, 0.2) is 59.0 Å². The van der Waals surface area contributed by atoms with Crippen LogP contribution in [-0.4, -0.2) is 47.3 Å². The maximum Gasteiger partial charge on any atom is 0.335 e. The van der Waals surface area contributed by atoms with Crippen LogP contribution in [-0.2, 0) is 4.79 Å². The van der Waals surface area contributed by atoms with E-state index in [0.29, 0.717) is 40.5 Å². The van der Waals surface area contributed by atoms with Crippen molar-refractivity contribution in [1.29, 1.82) is 0 Å². The van der Waals surface area contributed by atoms with E-state index in [2.05, 4.69) is 34.2 Å². The highest BCUT2D eigenvalue weighted by Crippen LogP contribution is 2.37. The molecule has 1 aliphatic rings. The lowest BCUT2D eigenvalue weighted by Crippen LogP contribution is -2.23. The quantitative estimate of drug-likeness (QED) is 0.270. The van der Waals surface area contributed by atoms with Gasteiger partial charge in [-0.15, -0.1) is 0 Å². The summed E-state index contributed by atoms with van der Waals surface area (Å²) in [6.07, 6.45) is 3.44. The molecular formula is C23H21IN2O5S. The van der Waals surface area contributed by atoms with Gasteiger partial charge in [0.05, 0.1) is 26.3 Å². The molecule has 0 unspecified atom stereocenters. The minimum atomic E-state index is -1.03. The van der Waals surface area contributed by atoms with Crippen LogP contribution in [0.25, 0.3) is 6.08 Å². The minimum Gasteiger partial charge on any atom is -0.490 e. The van der Waals surface area contributed by atoms with E-state index in [1.165, 1.54) is 28.8 Å². The zero-order valence-corrected chi connectivity index (χ0v) is 20.5. The van der Waals surface area contributed by atoms with Gasteiger partial charge >= 0.3 is 5.97 Å². The first-order valence-corrected chi connectivity index (χ1v) is 11.5. The van der Waals surface area contributed by atoms with Crippen molar-refractivity contribution >= 4 is 63.2 Å². The number of nitrogens with zero attached hydrogens (tertiary/aromatic N) is 2. The molecule has 0 atom stereocenters. The van der Waals surface area contributed by atoms with Crippen molar-refractivity contribution in [3.8, 4) is 11.5 Å². The number of aliphatic imine (C=N–C) groups is 1. The number of carbonyl (C=O) groups is 2. The molecule has 9 heteroatoms. The van der Waals surface area contributed by atoms with E-state index in [4.69, 9.17) is 14.6 Å². The Morgan fingerprint density at radius 2 is 2.09 bits per heavy atom. The van der Waals surface area contributed by atoms with Crippen LogP contribution in [0.1, 0.15) is 22.8 Å². The second-order valence-electron chi connectivity index (χ2n) is 6.59. The van der Waals surface area contributed by atoms with Crippen LogP contribution in [0.5, 0.6) is 11.5 Å². The summed E-state index contributed by atoms with van der Waals surface area (Å²) in [6, 6.07) is 10.0. The van der Waals surface area contributed by atoms with Gasteiger partial charge in [0, 0.05) is 7.05 Å². The molecule has 1 N–H and O–H groups in total. The molecule has 0 saturated carbocycles. The van der Waals surface area contributed by atoms with Crippen molar-refractivity contribution in [2.24, 2.45) is 4.99 Å². The zero-order chi connectivity index (χ0) is 23.3. The van der Waals surface area contributed by atoms with E-state index < -0.39 is 5.97 Å². The molecule has 0 spiro atoms. The highest BCUT2D eigenvalue weighted by molar-refractivity contribution is 14.1. The molecule has 1 fully saturated rings. The number of aromatic carboxylic acids is 1. The van der Waals surface area contributed by atoms with E-state index in [1.807, 2.05) is 19.1 Å². The summed E-state index contributed by atoms with van der Waals surface area (Å²) in [5, 5.41) is 9.64. The molecule has 0 aromatic heterocycles. The van der Waals surface area contributed by atoms with Crippen molar-refractivity contribution in [1.82, 2.24) is 4.90 Å². The molecule has 2 aromatic carbocycles. The fourth-order valence-electron chi connectivity index (χ4n) is 2.84. The number of hydrogen-bond donors (Lipinski definition) is 1. The molecular weight excluding hydrogens is 543 g/mol. The number of ether oxygens (including phenoxy) is 2. The number of likely N-dealkylation sites (N-methyl/N-ethyl adjacent to an activating group) is 1. The Hall–Kier alpha value is -2.79. The lowest BCUT2D eigenvalue weighted by molar-refractivity contribution is -0.121. The number of carboxylic acid groups (broad SMARTS) is 1. The van der Waals surface area contributed by atoms with Gasteiger partial charge in [-0.25, -0.2) is 9.79 Å². The average Bonchev–Trinajstić information content (AvgIpc) is 3.01. The van der Waals surface area contributed by atoms with Crippen LogP contribution < -0.4 is 9.47 Å². The standard InChI is InChI=1S/C23H21IN2O5S/c1-4-9-31-20-17(24)10-14(11-18(20)30-5-2)12-19-21(27)26(3)23(32-19)25-16-8-6-7-15(13-16)22(28)29/h4,6-8,10-13H,1,5,9H2,2-3H3,(H,28,29). The van der Waals surface area contributed by atoms with Crippen molar-refractivity contribution < 1.29 is 24.2 Å². The van der Waals surface area contributed by atoms with Crippen molar-refractivity contribution in [3.05, 3.63) is 68.7 Å². The van der Waals surface area contributed by atoms with Crippen molar-refractivity contribution in [3.63, 3.8) is 0 Å². The molecule has 1 aliphatic heterocycles. The number of benzene rings is 2. The van der Waals surface area contributed by atoms with Gasteiger partial charge in [0.1, 0.15) is 6.61 Å². The third kappa shape index (κ3) is 5.52. The molecule has 3 rings (SSSR count). The average molecular weight is 564 g/mol. The monoisotopic (exact) mass is 564 g/mol. The van der Waals surface area contributed by atoms with Crippen molar-refractivity contribution in [2.75, 3.05) is 20.3 Å². The summed E-state index contributed by atoms with van der Waals surface area (Å²) >= 11 is 3.40. The number of carboxylic acids is 1. The molecule has 32 heavy (non-hydrogen) atoms. The summed E-state index contributed by atoms with van der Waals surface area (Å²) in [6.45, 7) is 6.40. The van der Waals surface area contributed by atoms with Gasteiger partial charge in [0.15, 0.2) is 16.7 Å². The van der Waals surface area contributed by atoms with Crippen LogP contribution in [0.2, 0.25) is 0 Å². The molecule has 1 amide bonds. The summed E-state index contributed by atoms with van der Waals surface area (Å²) < 4.78 is 12.3. The second kappa shape index (κ2) is 10.7. The van der Waals surface area contributed by atoms with Gasteiger partial charge in [-0.1, -0.05) is 18.7 Å². The lowest BCUT2D eigenvalue weighted by atomic mass is 10.2. The molecule has 2 aromatic rings. The minimum absolute atomic E-state index is 0.136. The van der Waals surface area contributed by atoms with Gasteiger partial charge in [-0.2, -0.15) is 0 Å². The van der Waals surface area contributed by atoms with E-state index in [1.54, 1.807) is 31.3 Å². The van der Waals surface area contributed by atoms with Gasteiger partial charge in [-0.05, 0) is 83.2 Å². The van der Waals surface area contributed by atoms with Crippen LogP contribution >= 0.6 is 34.4 Å². The number of carbonyl (C=O) groups excluding carboxylic acids is 1. The van der Waals surface area contributed by atoms with E-state index >= 15 is 0 Å². The third-order valence-corrected chi connectivity index (χ3v) is 6.16. The Balaban J connectivity index is 1.92. The molecule has 0 aliphatic carbocycles. The molecule has 1 saturated heterocycles. The van der Waals surface area contributed by atoms with Crippen LogP contribution in [0, 0.1) is 3.57 Å². The van der Waals surface area contributed by atoms with Crippen LogP contribution in [0.3, 0.4) is 0 Å². The number of thioether (sulfide) groups is 1. The predicted molar refractivity (Wildman–Crippen MR) is 135 cm³/mol. The Morgan fingerprint density at radius 1 is 1.31 bits per heavy atom. The Morgan fingerprint density at radius 3 is 2.78 bits per heavy atom. The second-order valence-corrected chi connectivity index (χ2v) is 8.76. The maximum absolute atomic E-state index is 12.8. The Labute approximate surface area is 204 Å². The highest BCUT2D eigenvalue weighted by Gasteiger charge is 2.30. The number of rotatable bonds is 8. The predicted octanol–water partition coefficient (Wildman–Crippen LogP) is 5.19. The third-order valence-electron chi connectivity index (χ3n) is 4.30. The lowest BCUT2D eigenvalue weighted by Gasteiger charge is -2.13. The van der Waals surface area contributed by atoms with E-state index in [9.17, 15) is 9.59 Å². The first-order valence-electron chi connectivity index (χ1n) is 9.63. The SMILES string of the molecule is C=CCOc1c(I)cc(C=C2SC(=Nc3cccc(C(=O)O)c3)N(C)C2=O)cc1OCC. The van der Waals surface area contributed by atoms with E-state index in [-0.39, 0.29) is 11.5 Å². The van der Waals surface area contributed by atoms with Crippen LogP contribution in [0.4, 0.5) is 5.69 Å². The first kappa shape index (κ1) is 23.9. The number of amidine groups is 1. The summed E-state index contributed by atoms with van der Waals surface area (Å²) in [5.41, 5.74) is 1.39. The molecule has 166 valence electrons. The van der Waals surface area contributed by atoms with Gasteiger partial charge in [0.25, 0.3) is 5.91 Å². The topological polar surface area (TPSA) is 88.4 Å². The molecule has 0 bridgehead atoms. The number of amides is 1. The smallest absolute Gasteiger partial charge is 0.335 e. The number of hydrogen-bond acceptors (Lipinski definition) is 6.